The maximum atomic E-state index is 5.32. The van der Waals surface area contributed by atoms with Crippen LogP contribution < -0.4 is 18.9 Å². The van der Waals surface area contributed by atoms with Crippen molar-refractivity contribution >= 4 is 0 Å². The van der Waals surface area contributed by atoms with E-state index in [1.54, 1.807) is 14.2 Å². The van der Waals surface area contributed by atoms with E-state index < -0.39 is 0 Å². The zero-order chi connectivity index (χ0) is 11.5. The highest BCUT2D eigenvalue weighted by Gasteiger charge is 2.25. The second-order valence-corrected chi connectivity index (χ2v) is 3.22. The van der Waals surface area contributed by atoms with Gasteiger partial charge in [-0.25, -0.2) is 0 Å². The fourth-order valence-corrected chi connectivity index (χ4v) is 1.70. The van der Waals surface area contributed by atoms with Gasteiger partial charge < -0.3 is 18.9 Å². The van der Waals surface area contributed by atoms with Gasteiger partial charge in [-0.2, -0.15) is 0 Å². The Labute approximate surface area is 94.1 Å². The second-order valence-electron chi connectivity index (χ2n) is 3.22. The van der Waals surface area contributed by atoms with Crippen LogP contribution in [-0.2, 0) is 6.42 Å². The molecule has 0 atom stereocenters. The van der Waals surface area contributed by atoms with Gasteiger partial charge in [-0.3, -0.25) is 0 Å². The Morgan fingerprint density at radius 1 is 1.31 bits per heavy atom. The van der Waals surface area contributed by atoms with E-state index in [0.717, 1.165) is 5.56 Å². The first kappa shape index (κ1) is 10.5. The maximum Gasteiger partial charge on any atom is 0.231 e. The van der Waals surface area contributed by atoms with Crippen molar-refractivity contribution in [3.63, 3.8) is 0 Å². The summed E-state index contributed by atoms with van der Waals surface area (Å²) >= 11 is 0. The van der Waals surface area contributed by atoms with Crippen LogP contribution >= 0.6 is 0 Å². The van der Waals surface area contributed by atoms with Crippen LogP contribution in [-0.4, -0.2) is 21.0 Å². The van der Waals surface area contributed by atoms with Gasteiger partial charge in [0.15, 0.2) is 11.5 Å². The van der Waals surface area contributed by atoms with Crippen molar-refractivity contribution in [1.82, 2.24) is 0 Å². The fourth-order valence-electron chi connectivity index (χ4n) is 1.70. The molecule has 4 nitrogen and oxygen atoms in total. The number of fused-ring (bicyclic) bond motifs is 1. The lowest BCUT2D eigenvalue weighted by Gasteiger charge is -2.13. The Balaban J connectivity index is 2.59. The summed E-state index contributed by atoms with van der Waals surface area (Å²) in [5.41, 5.74) is 0.853. The summed E-state index contributed by atoms with van der Waals surface area (Å²) in [6.45, 7) is 0.189. The standard InChI is InChI=1S/C12H12O4/c1-4-5-8-6-9-11(16-7-15-9)12(14-3)10(8)13-2/h1,6H,5,7H2,2-3H3. The molecule has 0 N–H and O–H groups in total. The number of rotatable bonds is 3. The van der Waals surface area contributed by atoms with Crippen LogP contribution in [0.15, 0.2) is 6.07 Å². The molecule has 0 amide bonds. The zero-order valence-electron chi connectivity index (χ0n) is 9.20. The SMILES string of the molecule is C#CCc1cc2c(c(OC)c1OC)OCO2. The minimum atomic E-state index is 0.189. The normalized spacial score (nSPS) is 12.1. The molecule has 4 heteroatoms. The van der Waals surface area contributed by atoms with E-state index in [0.29, 0.717) is 29.4 Å². The van der Waals surface area contributed by atoms with Crippen LogP contribution in [0.25, 0.3) is 0 Å². The topological polar surface area (TPSA) is 36.9 Å². The predicted molar refractivity (Wildman–Crippen MR) is 58.2 cm³/mol. The van der Waals surface area contributed by atoms with Crippen molar-refractivity contribution in [3.8, 4) is 35.3 Å². The molecule has 0 fully saturated rings. The highest BCUT2D eigenvalue weighted by Crippen LogP contribution is 2.48. The maximum absolute atomic E-state index is 5.32. The molecule has 0 unspecified atom stereocenters. The van der Waals surface area contributed by atoms with Gasteiger partial charge in [-0.05, 0) is 6.07 Å². The van der Waals surface area contributed by atoms with Gasteiger partial charge >= 0.3 is 0 Å². The number of terminal acetylenes is 1. The monoisotopic (exact) mass is 220 g/mol. The van der Waals surface area contributed by atoms with Gasteiger partial charge in [0.25, 0.3) is 0 Å². The fraction of sp³-hybridized carbons (Fsp3) is 0.333. The van der Waals surface area contributed by atoms with Crippen molar-refractivity contribution in [2.24, 2.45) is 0 Å². The van der Waals surface area contributed by atoms with Crippen molar-refractivity contribution in [1.29, 1.82) is 0 Å². The van der Waals surface area contributed by atoms with Crippen molar-refractivity contribution in [2.75, 3.05) is 21.0 Å². The minimum absolute atomic E-state index is 0.189. The van der Waals surface area contributed by atoms with Crippen LogP contribution in [0.4, 0.5) is 0 Å². The van der Waals surface area contributed by atoms with Crippen LogP contribution in [0.3, 0.4) is 0 Å². The number of ether oxygens (including phenoxy) is 4. The van der Waals surface area contributed by atoms with Gasteiger partial charge in [0.05, 0.1) is 14.2 Å². The van der Waals surface area contributed by atoms with Gasteiger partial charge in [-0.1, -0.05) is 0 Å². The van der Waals surface area contributed by atoms with E-state index in [1.165, 1.54) is 0 Å². The molecule has 0 spiro atoms. The molecule has 16 heavy (non-hydrogen) atoms. The summed E-state index contributed by atoms with van der Waals surface area (Å²) in [6, 6.07) is 1.82. The Bertz CT molecular complexity index is 445. The third kappa shape index (κ3) is 1.50. The summed E-state index contributed by atoms with van der Waals surface area (Å²) in [5.74, 6) is 4.91. The Kier molecular flexibility index (Phi) is 2.78. The van der Waals surface area contributed by atoms with Crippen LogP contribution in [0, 0.1) is 12.3 Å². The molecule has 1 aliphatic heterocycles. The Morgan fingerprint density at radius 3 is 2.69 bits per heavy atom. The number of benzene rings is 1. The van der Waals surface area contributed by atoms with Crippen LogP contribution in [0.1, 0.15) is 5.56 Å². The molecule has 1 heterocycles. The van der Waals surface area contributed by atoms with E-state index in [1.807, 2.05) is 6.07 Å². The largest absolute Gasteiger partial charge is 0.492 e. The van der Waals surface area contributed by atoms with Gasteiger partial charge in [0.2, 0.25) is 18.3 Å². The smallest absolute Gasteiger partial charge is 0.231 e. The summed E-state index contributed by atoms with van der Waals surface area (Å²) in [6.07, 6.45) is 5.76. The first-order chi connectivity index (χ1) is 7.81. The molecule has 0 saturated heterocycles. The molecule has 1 aromatic carbocycles. The van der Waals surface area contributed by atoms with Gasteiger partial charge in [-0.15, -0.1) is 12.3 Å². The zero-order valence-corrected chi connectivity index (χ0v) is 9.20. The van der Waals surface area contributed by atoms with Crippen LogP contribution in [0.5, 0.6) is 23.0 Å². The molecule has 2 rings (SSSR count). The van der Waals surface area contributed by atoms with E-state index in [2.05, 4.69) is 5.92 Å². The quantitative estimate of drug-likeness (QED) is 0.725. The third-order valence-corrected chi connectivity index (χ3v) is 2.35. The lowest BCUT2D eigenvalue weighted by molar-refractivity contribution is 0.170. The molecular weight excluding hydrogens is 208 g/mol. The molecule has 1 aromatic rings. The van der Waals surface area contributed by atoms with Gasteiger partial charge in [0, 0.05) is 12.0 Å². The van der Waals surface area contributed by atoms with E-state index >= 15 is 0 Å². The molecule has 1 aliphatic rings. The first-order valence-electron chi connectivity index (χ1n) is 4.78. The van der Waals surface area contributed by atoms with E-state index in [4.69, 9.17) is 25.4 Å². The van der Waals surface area contributed by atoms with Crippen LogP contribution in [0.2, 0.25) is 0 Å². The lowest BCUT2D eigenvalue weighted by Crippen LogP contribution is -1.97. The predicted octanol–water partition coefficient (Wildman–Crippen LogP) is 1.61. The number of methoxy groups -OCH3 is 2. The highest BCUT2D eigenvalue weighted by atomic mass is 16.7. The second kappa shape index (κ2) is 4.23. The highest BCUT2D eigenvalue weighted by molar-refractivity contribution is 5.64. The summed E-state index contributed by atoms with van der Waals surface area (Å²) in [5, 5.41) is 0. The molecule has 0 aromatic heterocycles. The van der Waals surface area contributed by atoms with Crippen molar-refractivity contribution in [2.45, 2.75) is 6.42 Å². The van der Waals surface area contributed by atoms with E-state index in [-0.39, 0.29) is 6.79 Å². The third-order valence-electron chi connectivity index (χ3n) is 2.35. The average molecular weight is 220 g/mol. The lowest BCUT2D eigenvalue weighted by atomic mass is 10.1. The summed E-state index contributed by atoms with van der Waals surface area (Å²) in [4.78, 5) is 0. The minimum Gasteiger partial charge on any atom is -0.492 e. The van der Waals surface area contributed by atoms with Crippen molar-refractivity contribution in [3.05, 3.63) is 11.6 Å². The van der Waals surface area contributed by atoms with E-state index in [9.17, 15) is 0 Å². The average Bonchev–Trinajstić information content (AvgIpc) is 2.75. The number of hydrogen-bond donors (Lipinski definition) is 0. The Morgan fingerprint density at radius 2 is 2.06 bits per heavy atom. The number of hydrogen-bond acceptors (Lipinski definition) is 4. The molecule has 0 bridgehead atoms. The molecule has 0 saturated carbocycles. The molecule has 0 radical (unpaired) electrons. The molecule has 84 valence electrons. The van der Waals surface area contributed by atoms with Crippen molar-refractivity contribution < 1.29 is 18.9 Å². The van der Waals surface area contributed by atoms with Gasteiger partial charge in [0.1, 0.15) is 0 Å². The first-order valence-corrected chi connectivity index (χ1v) is 4.78. The molecule has 0 aliphatic carbocycles. The molecular formula is C12H12O4. The summed E-state index contributed by atoms with van der Waals surface area (Å²) in [7, 11) is 3.12. The summed E-state index contributed by atoms with van der Waals surface area (Å²) < 4.78 is 21.2. The Hall–Kier alpha value is -2.02.